The van der Waals surface area contributed by atoms with Crippen LogP contribution in [0.1, 0.15) is 45.4 Å². The SMILES string of the molecule is CC(NC(=O)[C@H]1CCC(=O)N1)C1CC2CCC1C2. The Labute approximate surface area is 108 Å². The van der Waals surface area contributed by atoms with Crippen LogP contribution in [0.5, 0.6) is 0 Å². The van der Waals surface area contributed by atoms with Crippen LogP contribution in [0.2, 0.25) is 0 Å². The number of fused-ring (bicyclic) bond motifs is 2. The summed E-state index contributed by atoms with van der Waals surface area (Å²) in [6.07, 6.45) is 6.51. The fraction of sp³-hybridized carbons (Fsp3) is 0.857. The van der Waals surface area contributed by atoms with Gasteiger partial charge >= 0.3 is 0 Å². The van der Waals surface area contributed by atoms with Gasteiger partial charge in [0.1, 0.15) is 6.04 Å². The van der Waals surface area contributed by atoms with Gasteiger partial charge in [-0.05, 0) is 50.4 Å². The van der Waals surface area contributed by atoms with Crippen molar-refractivity contribution in [2.45, 2.75) is 57.5 Å². The second-order valence-electron chi connectivity index (χ2n) is 6.29. The highest BCUT2D eigenvalue weighted by Crippen LogP contribution is 2.49. The van der Waals surface area contributed by atoms with Crippen LogP contribution in [0.15, 0.2) is 0 Å². The van der Waals surface area contributed by atoms with Crippen LogP contribution >= 0.6 is 0 Å². The Kier molecular flexibility index (Phi) is 3.04. The Morgan fingerprint density at radius 2 is 2.17 bits per heavy atom. The summed E-state index contributed by atoms with van der Waals surface area (Å²) < 4.78 is 0. The predicted molar refractivity (Wildman–Crippen MR) is 67.7 cm³/mol. The molecule has 3 rings (SSSR count). The number of nitrogens with one attached hydrogen (secondary N) is 2. The minimum Gasteiger partial charge on any atom is -0.352 e. The zero-order chi connectivity index (χ0) is 12.7. The topological polar surface area (TPSA) is 58.2 Å². The molecule has 1 saturated heterocycles. The van der Waals surface area contributed by atoms with E-state index in [9.17, 15) is 9.59 Å². The van der Waals surface area contributed by atoms with Gasteiger partial charge in [-0.1, -0.05) is 6.42 Å². The Balaban J connectivity index is 1.53. The molecule has 2 aliphatic carbocycles. The summed E-state index contributed by atoms with van der Waals surface area (Å²) in [4.78, 5) is 23.2. The molecule has 2 amide bonds. The van der Waals surface area contributed by atoms with Gasteiger partial charge in [-0.2, -0.15) is 0 Å². The van der Waals surface area contributed by atoms with Crippen LogP contribution < -0.4 is 10.6 Å². The van der Waals surface area contributed by atoms with Gasteiger partial charge in [0, 0.05) is 12.5 Å². The monoisotopic (exact) mass is 250 g/mol. The predicted octanol–water partition coefficient (Wildman–Crippen LogP) is 1.21. The summed E-state index contributed by atoms with van der Waals surface area (Å²) in [7, 11) is 0. The summed E-state index contributed by atoms with van der Waals surface area (Å²) in [6.45, 7) is 2.13. The van der Waals surface area contributed by atoms with E-state index in [-0.39, 0.29) is 23.9 Å². The Hall–Kier alpha value is -1.06. The van der Waals surface area contributed by atoms with Crippen molar-refractivity contribution in [3.8, 4) is 0 Å². The first-order valence-electron chi connectivity index (χ1n) is 7.23. The van der Waals surface area contributed by atoms with E-state index >= 15 is 0 Å². The smallest absolute Gasteiger partial charge is 0.242 e. The Bertz CT molecular complexity index is 369. The van der Waals surface area contributed by atoms with Gasteiger partial charge in [0.15, 0.2) is 0 Å². The lowest BCUT2D eigenvalue weighted by molar-refractivity contribution is -0.126. The molecule has 2 N–H and O–H groups in total. The largest absolute Gasteiger partial charge is 0.352 e. The summed E-state index contributed by atoms with van der Waals surface area (Å²) in [5.41, 5.74) is 0. The van der Waals surface area contributed by atoms with Crippen molar-refractivity contribution in [1.82, 2.24) is 10.6 Å². The lowest BCUT2D eigenvalue weighted by atomic mass is 9.84. The molecular weight excluding hydrogens is 228 g/mol. The first-order valence-corrected chi connectivity index (χ1v) is 7.23. The normalized spacial score (nSPS) is 39.7. The minimum atomic E-state index is -0.293. The Morgan fingerprint density at radius 3 is 2.72 bits per heavy atom. The van der Waals surface area contributed by atoms with E-state index in [1.165, 1.54) is 25.7 Å². The highest BCUT2D eigenvalue weighted by molar-refractivity contribution is 5.90. The highest BCUT2D eigenvalue weighted by atomic mass is 16.2. The maximum atomic E-state index is 12.0. The molecule has 1 heterocycles. The molecule has 4 heteroatoms. The van der Waals surface area contributed by atoms with Gasteiger partial charge in [-0.25, -0.2) is 0 Å². The third kappa shape index (κ3) is 2.13. The number of hydrogen-bond donors (Lipinski definition) is 2. The molecule has 100 valence electrons. The molecule has 1 aliphatic heterocycles. The lowest BCUT2D eigenvalue weighted by Gasteiger charge is -2.29. The minimum absolute atomic E-state index is 0.00252. The van der Waals surface area contributed by atoms with E-state index in [4.69, 9.17) is 0 Å². The van der Waals surface area contributed by atoms with E-state index in [1.807, 2.05) is 0 Å². The van der Waals surface area contributed by atoms with E-state index in [1.54, 1.807) is 0 Å². The Morgan fingerprint density at radius 1 is 1.33 bits per heavy atom. The summed E-state index contributed by atoms with van der Waals surface area (Å²) in [6, 6.07) is -0.0381. The van der Waals surface area contributed by atoms with Crippen molar-refractivity contribution >= 4 is 11.8 Å². The maximum Gasteiger partial charge on any atom is 0.242 e. The van der Waals surface area contributed by atoms with Crippen molar-refractivity contribution in [2.24, 2.45) is 17.8 Å². The molecule has 0 aromatic carbocycles. The molecule has 3 fully saturated rings. The van der Waals surface area contributed by atoms with Crippen LogP contribution in [0.4, 0.5) is 0 Å². The molecule has 0 aromatic rings. The van der Waals surface area contributed by atoms with Crippen molar-refractivity contribution in [3.05, 3.63) is 0 Å². The van der Waals surface area contributed by atoms with E-state index < -0.39 is 0 Å². The van der Waals surface area contributed by atoms with Crippen LogP contribution in [0.3, 0.4) is 0 Å². The number of rotatable bonds is 3. The second-order valence-corrected chi connectivity index (χ2v) is 6.29. The third-order valence-corrected chi connectivity index (χ3v) is 5.12. The maximum absolute atomic E-state index is 12.0. The van der Waals surface area contributed by atoms with Gasteiger partial charge in [0.05, 0.1) is 0 Å². The van der Waals surface area contributed by atoms with E-state index in [0.29, 0.717) is 18.8 Å². The molecule has 3 aliphatic rings. The molecule has 5 atom stereocenters. The zero-order valence-electron chi connectivity index (χ0n) is 10.9. The number of hydrogen-bond acceptors (Lipinski definition) is 2. The highest BCUT2D eigenvalue weighted by Gasteiger charge is 2.42. The third-order valence-electron chi connectivity index (χ3n) is 5.12. The van der Waals surface area contributed by atoms with Crippen LogP contribution in [-0.2, 0) is 9.59 Å². The van der Waals surface area contributed by atoms with Crippen molar-refractivity contribution in [2.75, 3.05) is 0 Å². The molecule has 0 spiro atoms. The van der Waals surface area contributed by atoms with E-state index in [2.05, 4.69) is 17.6 Å². The summed E-state index contributed by atoms with van der Waals surface area (Å²) in [5, 5.41) is 5.85. The number of carbonyl (C=O) groups is 2. The molecule has 4 unspecified atom stereocenters. The van der Waals surface area contributed by atoms with E-state index in [0.717, 1.165) is 11.8 Å². The van der Waals surface area contributed by atoms with Gasteiger partial charge in [-0.15, -0.1) is 0 Å². The van der Waals surface area contributed by atoms with Crippen LogP contribution in [-0.4, -0.2) is 23.9 Å². The summed E-state index contributed by atoms with van der Waals surface area (Å²) >= 11 is 0. The second kappa shape index (κ2) is 4.56. The van der Waals surface area contributed by atoms with Crippen molar-refractivity contribution in [3.63, 3.8) is 0 Å². The quantitative estimate of drug-likeness (QED) is 0.791. The van der Waals surface area contributed by atoms with Crippen LogP contribution in [0.25, 0.3) is 0 Å². The van der Waals surface area contributed by atoms with Gasteiger partial charge in [0.2, 0.25) is 11.8 Å². The molecular formula is C14H22N2O2. The zero-order valence-corrected chi connectivity index (χ0v) is 10.9. The molecule has 0 radical (unpaired) electrons. The van der Waals surface area contributed by atoms with Crippen molar-refractivity contribution in [1.29, 1.82) is 0 Å². The molecule has 18 heavy (non-hydrogen) atoms. The fourth-order valence-corrected chi connectivity index (χ4v) is 4.15. The first kappa shape index (κ1) is 12.0. The summed E-state index contributed by atoms with van der Waals surface area (Å²) in [5.74, 6) is 2.40. The van der Waals surface area contributed by atoms with Gasteiger partial charge in [-0.3, -0.25) is 9.59 Å². The van der Waals surface area contributed by atoms with Crippen molar-refractivity contribution < 1.29 is 9.59 Å². The average molecular weight is 250 g/mol. The first-order chi connectivity index (χ1) is 8.63. The lowest BCUT2D eigenvalue weighted by Crippen LogP contribution is -2.48. The fourth-order valence-electron chi connectivity index (χ4n) is 4.15. The molecule has 2 saturated carbocycles. The van der Waals surface area contributed by atoms with Gasteiger partial charge in [0.25, 0.3) is 0 Å². The molecule has 0 aromatic heterocycles. The standard InChI is InChI=1S/C14H22N2O2/c1-8(11-7-9-2-3-10(11)6-9)15-14(18)12-4-5-13(17)16-12/h8-12H,2-7H2,1H3,(H,15,18)(H,16,17)/t8?,9?,10?,11?,12-/m1/s1. The molecule has 2 bridgehead atoms. The van der Waals surface area contributed by atoms with Crippen LogP contribution in [0, 0.1) is 17.8 Å². The molecule has 4 nitrogen and oxygen atoms in total. The number of amides is 2. The average Bonchev–Trinajstić information content (AvgIpc) is 3.03. The van der Waals surface area contributed by atoms with Gasteiger partial charge < -0.3 is 10.6 Å². The number of carbonyl (C=O) groups excluding carboxylic acids is 2.